The summed E-state index contributed by atoms with van der Waals surface area (Å²) in [6, 6.07) is 33.8. The van der Waals surface area contributed by atoms with Crippen LogP contribution in [0, 0.1) is 0 Å². The summed E-state index contributed by atoms with van der Waals surface area (Å²) in [7, 11) is 1.75. The van der Waals surface area contributed by atoms with Crippen molar-refractivity contribution in [2.24, 2.45) is 17.3 Å². The van der Waals surface area contributed by atoms with E-state index in [-0.39, 0.29) is 53.4 Å². The summed E-state index contributed by atoms with van der Waals surface area (Å²) >= 11 is 2.61. The van der Waals surface area contributed by atoms with Gasteiger partial charge < -0.3 is 20.6 Å². The molecule has 0 radical (unpaired) electrons. The van der Waals surface area contributed by atoms with Crippen LogP contribution in [0.2, 0.25) is 0 Å². The van der Waals surface area contributed by atoms with E-state index in [0.29, 0.717) is 90.3 Å². The average Bonchev–Trinajstić information content (AvgIpc) is 4.29. The first kappa shape index (κ1) is 51.0. The predicted molar refractivity (Wildman–Crippen MR) is 293 cm³/mol. The molecule has 0 spiro atoms. The van der Waals surface area contributed by atoms with Crippen LogP contribution in [0.25, 0.3) is 33.5 Å². The minimum absolute atomic E-state index is 0.0384. The maximum absolute atomic E-state index is 13.7. The van der Waals surface area contributed by atoms with Gasteiger partial charge in [-0.2, -0.15) is 20.3 Å². The van der Waals surface area contributed by atoms with Crippen molar-refractivity contribution >= 4 is 79.0 Å². The molecule has 76 heavy (non-hydrogen) atoms. The van der Waals surface area contributed by atoms with Gasteiger partial charge in [0.1, 0.15) is 11.2 Å². The number of hydrazone groups is 2. The van der Waals surface area contributed by atoms with E-state index in [0.717, 1.165) is 27.8 Å². The number of thiazole rings is 2. The highest BCUT2D eigenvalue weighted by Crippen LogP contribution is 2.32. The molecule has 0 unspecified atom stereocenters. The number of carbonyl (C=O) groups excluding carboxylic acids is 4. The Hall–Kier alpha value is -8.53. The third-order valence-electron chi connectivity index (χ3n) is 13.4. The lowest BCUT2D eigenvalue weighted by Crippen LogP contribution is -2.49. The molecule has 21 heteroatoms. The summed E-state index contributed by atoms with van der Waals surface area (Å²) in [5, 5.41) is 36.6. The third-order valence-corrected chi connectivity index (χ3v) is 14.9. The molecule has 2 aliphatic rings. The molecule has 2 aliphatic heterocycles. The third kappa shape index (κ3) is 11.4. The number of anilines is 2. The highest BCUT2D eigenvalue weighted by atomic mass is 32.1. The molecule has 8 aromatic rings. The molecule has 1 fully saturated rings. The van der Waals surface area contributed by atoms with Gasteiger partial charge >= 0.3 is 5.91 Å². The fourth-order valence-electron chi connectivity index (χ4n) is 9.18. The second-order valence-electron chi connectivity index (χ2n) is 18.7. The fraction of sp³-hybridized carbons (Fsp3) is 0.255. The van der Waals surface area contributed by atoms with Crippen molar-refractivity contribution in [3.63, 3.8) is 0 Å². The molecule has 0 aliphatic carbocycles. The van der Waals surface area contributed by atoms with Crippen LogP contribution in [0.3, 0.4) is 0 Å². The van der Waals surface area contributed by atoms with Crippen LogP contribution in [0.1, 0.15) is 72.0 Å². The first-order valence-corrected chi connectivity index (χ1v) is 26.5. The molecule has 4 aromatic carbocycles. The van der Waals surface area contributed by atoms with Crippen molar-refractivity contribution in [1.82, 2.24) is 44.8 Å². The van der Waals surface area contributed by atoms with Crippen LogP contribution < -0.4 is 26.6 Å². The van der Waals surface area contributed by atoms with Crippen molar-refractivity contribution < 1.29 is 24.3 Å². The predicted octanol–water partition coefficient (Wildman–Crippen LogP) is 6.97. The molecule has 0 saturated carbocycles. The Balaban J connectivity index is 0.670. The number of hydrogen-bond acceptors (Lipinski definition) is 15. The van der Waals surface area contributed by atoms with Gasteiger partial charge in [-0.1, -0.05) is 104 Å². The number of nitrogens with one attached hydrogen (secondary N) is 3. The van der Waals surface area contributed by atoms with E-state index in [1.807, 2.05) is 97.2 Å². The normalized spacial score (nSPS) is 15.2. The molecular weight excluding hydrogens is 1000 g/mol. The fourth-order valence-corrected chi connectivity index (χ4v) is 10.4. The number of amides is 4. The van der Waals surface area contributed by atoms with Crippen LogP contribution in [0.15, 0.2) is 147 Å². The first-order chi connectivity index (χ1) is 36.9. The molecule has 19 nitrogen and oxygen atoms in total. The maximum atomic E-state index is 13.7. The standard InChI is InChI=1S/C55H53N13O6S2/c1-35(37-10-5-3-6-11-37)30-44(70)66-27-23-55(74,24-28-66)33-67-34-59-46-48(51(67)72)63-65(2)49(46)40-17-15-36(16-18-40)31-58-43(69)14-9-25-56-50(71)41-21-19-38(20-22-41)42-32-76-54(60-42)68-52(73)47(61-62-53-57-26-29-75-53)45(64-68)39-12-7-4-8-13-39/h3-8,10-13,15-22,26,29,32,34-35,74H,9,14,23-25,27-28,30-31,33H2,1-2H3,(H,56,71)(H,57,62)(H,58,69)/b61-47+/t35-/m1/s1. The number of fused-ring (bicyclic) bond motifs is 1. The Kier molecular flexibility index (Phi) is 15.1. The Labute approximate surface area is 444 Å². The number of carbonyl (C=O) groups is 4. The molecule has 386 valence electrons. The number of nitrogens with zero attached hydrogens (tertiary/aromatic N) is 10. The summed E-state index contributed by atoms with van der Waals surface area (Å²) < 4.78 is 3.03. The number of piperidine rings is 1. The van der Waals surface area contributed by atoms with Gasteiger partial charge in [-0.3, -0.25) is 38.6 Å². The van der Waals surface area contributed by atoms with E-state index in [1.165, 1.54) is 38.6 Å². The summed E-state index contributed by atoms with van der Waals surface area (Å²) in [5.74, 6) is -0.735. The van der Waals surface area contributed by atoms with Gasteiger partial charge in [-0.25, -0.2) is 15.0 Å². The summed E-state index contributed by atoms with van der Waals surface area (Å²) in [5.41, 5.74) is 8.43. The molecule has 6 heterocycles. The van der Waals surface area contributed by atoms with E-state index < -0.39 is 11.5 Å². The largest absolute Gasteiger partial charge is 0.388 e. The minimum Gasteiger partial charge on any atom is -0.388 e. The monoisotopic (exact) mass is 1060 g/mol. The zero-order valence-electron chi connectivity index (χ0n) is 41.6. The minimum atomic E-state index is -1.18. The van der Waals surface area contributed by atoms with Crippen molar-refractivity contribution in [2.45, 2.75) is 63.6 Å². The zero-order chi connectivity index (χ0) is 52.8. The topological polar surface area (TPSA) is 234 Å². The van der Waals surface area contributed by atoms with Crippen LogP contribution in [0.4, 0.5) is 10.3 Å². The summed E-state index contributed by atoms with van der Waals surface area (Å²) in [6.07, 6.45) is 4.80. The van der Waals surface area contributed by atoms with Gasteiger partial charge in [-0.05, 0) is 48.4 Å². The Bertz CT molecular complexity index is 3520. The number of benzene rings is 4. The highest BCUT2D eigenvalue weighted by molar-refractivity contribution is 7.14. The maximum Gasteiger partial charge on any atom is 0.303 e. The molecule has 4 N–H and O–H groups in total. The van der Waals surface area contributed by atoms with E-state index in [1.54, 1.807) is 52.5 Å². The zero-order valence-corrected chi connectivity index (χ0v) is 43.3. The number of aliphatic hydroxyl groups is 1. The number of aryl methyl sites for hydroxylation is 1. The van der Waals surface area contributed by atoms with Gasteiger partial charge in [0.05, 0.1) is 29.9 Å². The molecule has 0 bridgehead atoms. The summed E-state index contributed by atoms with van der Waals surface area (Å²) in [6.45, 7) is 3.48. The van der Waals surface area contributed by atoms with E-state index in [9.17, 15) is 29.1 Å². The van der Waals surface area contributed by atoms with E-state index in [4.69, 9.17) is 4.98 Å². The van der Waals surface area contributed by atoms with E-state index in [2.05, 4.69) is 41.3 Å². The van der Waals surface area contributed by atoms with Gasteiger partial charge in [0.15, 0.2) is 11.2 Å². The van der Waals surface area contributed by atoms with Crippen LogP contribution >= 0.6 is 22.7 Å². The smallest absolute Gasteiger partial charge is 0.303 e. The lowest BCUT2D eigenvalue weighted by molar-refractivity contribution is -0.136. The number of rotatable bonds is 18. The molecule has 10 rings (SSSR count). The molecule has 4 aromatic heterocycles. The lowest BCUT2D eigenvalue weighted by atomic mass is 9.90. The van der Waals surface area contributed by atoms with Crippen LogP contribution in [0.5, 0.6) is 0 Å². The van der Waals surface area contributed by atoms with Gasteiger partial charge in [0, 0.05) is 85.3 Å². The lowest BCUT2D eigenvalue weighted by Gasteiger charge is -2.38. The Morgan fingerprint density at radius 2 is 1.57 bits per heavy atom. The van der Waals surface area contributed by atoms with Crippen LogP contribution in [-0.2, 0) is 34.5 Å². The molecule has 1 atom stereocenters. The van der Waals surface area contributed by atoms with Crippen molar-refractivity contribution in [2.75, 3.05) is 30.1 Å². The van der Waals surface area contributed by atoms with Crippen molar-refractivity contribution in [3.8, 4) is 22.5 Å². The van der Waals surface area contributed by atoms with Gasteiger partial charge in [-0.15, -0.1) is 22.7 Å². The van der Waals surface area contributed by atoms with Gasteiger partial charge in [0.2, 0.25) is 22.1 Å². The molecule has 4 amide bonds. The van der Waals surface area contributed by atoms with Crippen molar-refractivity contribution in [3.05, 3.63) is 165 Å². The molecular formula is C55H53N13O6S2. The van der Waals surface area contributed by atoms with E-state index >= 15 is 0 Å². The quantitative estimate of drug-likeness (QED) is 0.0506. The highest BCUT2D eigenvalue weighted by Gasteiger charge is 2.37. The Morgan fingerprint density at radius 3 is 2.29 bits per heavy atom. The average molecular weight is 1060 g/mol. The molecule has 1 saturated heterocycles. The SMILES string of the molecule is C[C@H](CC(=O)N1CCC(O)(Cn2cnc3c(-c4ccc(CNC(=O)CCCNC(=O)c5ccc(-c6csc(N7N=C(c8ccccc8)/C(=N\Nc8nccs8)C7=O)n6)cc5)cc4)n(C)nc3c2=O)CC1)c1ccccc1. The number of hydrogen-bond donors (Lipinski definition) is 4. The van der Waals surface area contributed by atoms with Gasteiger partial charge in [0.25, 0.3) is 11.5 Å². The summed E-state index contributed by atoms with van der Waals surface area (Å²) in [4.78, 5) is 81.6. The second-order valence-corrected chi connectivity index (χ2v) is 20.5. The second kappa shape index (κ2) is 22.5. The van der Waals surface area contributed by atoms with Crippen LogP contribution in [-0.4, -0.2) is 99.6 Å². The Morgan fingerprint density at radius 1 is 0.842 bits per heavy atom. The number of likely N-dealkylation sites (tertiary alicyclic amines) is 1. The number of aromatic nitrogens is 6. The van der Waals surface area contributed by atoms with Crippen molar-refractivity contribution in [1.29, 1.82) is 0 Å². The first-order valence-electron chi connectivity index (χ1n) is 24.8.